The number of nitrogens with zero attached hydrogens (tertiary/aromatic N) is 2. The van der Waals surface area contributed by atoms with Gasteiger partial charge in [0.2, 0.25) is 5.91 Å². The van der Waals surface area contributed by atoms with Gasteiger partial charge in [0.15, 0.2) is 0 Å². The van der Waals surface area contributed by atoms with E-state index in [9.17, 15) is 13.6 Å². The maximum Gasteiger partial charge on any atom is 0.288 e. The van der Waals surface area contributed by atoms with Crippen molar-refractivity contribution in [3.63, 3.8) is 0 Å². The van der Waals surface area contributed by atoms with E-state index in [1.807, 2.05) is 13.2 Å². The molecule has 2 heterocycles. The number of aryl methyl sites for hydroxylation is 1. The lowest BCUT2D eigenvalue weighted by atomic mass is 9.90. The van der Waals surface area contributed by atoms with Crippen LogP contribution in [-0.2, 0) is 11.8 Å². The molecule has 3 rings (SSSR count). The molecule has 1 aliphatic heterocycles. The SMILES string of the molecule is Cl.Cn1cc([C@H]2CNC[C@@H]2C(=O)Nc2ccccc2SC(F)F)cn1. The second kappa shape index (κ2) is 8.64. The highest BCUT2D eigenvalue weighted by Crippen LogP contribution is 2.33. The van der Waals surface area contributed by atoms with Gasteiger partial charge < -0.3 is 10.6 Å². The van der Waals surface area contributed by atoms with Crippen LogP contribution >= 0.6 is 24.2 Å². The van der Waals surface area contributed by atoms with E-state index in [2.05, 4.69) is 15.7 Å². The largest absolute Gasteiger partial charge is 0.325 e. The van der Waals surface area contributed by atoms with E-state index in [1.54, 1.807) is 35.1 Å². The highest BCUT2D eigenvalue weighted by atomic mass is 35.5. The number of nitrogens with one attached hydrogen (secondary N) is 2. The normalized spacial score (nSPS) is 19.7. The molecule has 2 aromatic rings. The van der Waals surface area contributed by atoms with Crippen LogP contribution in [0.5, 0.6) is 0 Å². The summed E-state index contributed by atoms with van der Waals surface area (Å²) in [5, 5.41) is 10.2. The van der Waals surface area contributed by atoms with Crippen LogP contribution in [0.2, 0.25) is 0 Å². The smallest absolute Gasteiger partial charge is 0.288 e. The van der Waals surface area contributed by atoms with Crippen molar-refractivity contribution in [2.24, 2.45) is 13.0 Å². The first kappa shape index (κ1) is 19.7. The molecule has 2 atom stereocenters. The average molecular weight is 389 g/mol. The van der Waals surface area contributed by atoms with Crippen molar-refractivity contribution in [3.8, 4) is 0 Å². The maximum absolute atomic E-state index is 12.7. The minimum absolute atomic E-state index is 0. The van der Waals surface area contributed by atoms with E-state index in [0.717, 1.165) is 5.56 Å². The zero-order valence-electron chi connectivity index (χ0n) is 13.5. The van der Waals surface area contributed by atoms with Gasteiger partial charge in [-0.3, -0.25) is 9.48 Å². The Balaban J connectivity index is 0.00000225. The summed E-state index contributed by atoms with van der Waals surface area (Å²) < 4.78 is 27.0. The predicted octanol–water partition coefficient (Wildman–Crippen LogP) is 3.10. The molecule has 1 amide bonds. The summed E-state index contributed by atoms with van der Waals surface area (Å²) in [6.45, 7) is 1.24. The van der Waals surface area contributed by atoms with E-state index in [1.165, 1.54) is 0 Å². The Labute approximate surface area is 155 Å². The molecule has 9 heteroatoms. The third-order valence-electron chi connectivity index (χ3n) is 4.06. The zero-order valence-corrected chi connectivity index (χ0v) is 15.1. The lowest BCUT2D eigenvalue weighted by molar-refractivity contribution is -0.119. The minimum Gasteiger partial charge on any atom is -0.325 e. The topological polar surface area (TPSA) is 59.0 Å². The number of thioether (sulfide) groups is 1. The van der Waals surface area contributed by atoms with Gasteiger partial charge in [-0.25, -0.2) is 0 Å². The van der Waals surface area contributed by atoms with Crippen LogP contribution in [0.4, 0.5) is 14.5 Å². The standard InChI is InChI=1S/C16H18F2N4OS.ClH/c1-22-9-10(6-20-22)11-7-19-8-12(11)15(23)21-13-4-2-3-5-14(13)24-16(17)18;/h2-6,9,11-12,16,19H,7-8H2,1H3,(H,21,23);1H/t11-,12+;/m1./s1. The van der Waals surface area contributed by atoms with E-state index >= 15 is 0 Å². The Morgan fingerprint density at radius 1 is 1.40 bits per heavy atom. The number of rotatable bonds is 5. The number of para-hydroxylation sites is 1. The van der Waals surface area contributed by atoms with Gasteiger partial charge in [0.05, 0.1) is 17.8 Å². The van der Waals surface area contributed by atoms with Gasteiger partial charge in [0.25, 0.3) is 5.76 Å². The van der Waals surface area contributed by atoms with E-state index in [0.29, 0.717) is 35.4 Å². The average Bonchev–Trinajstić information content (AvgIpc) is 3.17. The fourth-order valence-corrected chi connectivity index (χ4v) is 3.53. The first-order valence-corrected chi connectivity index (χ1v) is 8.46. The summed E-state index contributed by atoms with van der Waals surface area (Å²) in [5.41, 5.74) is 1.42. The molecule has 0 unspecified atom stereocenters. The molecule has 0 radical (unpaired) electrons. The summed E-state index contributed by atoms with van der Waals surface area (Å²) in [6, 6.07) is 6.62. The van der Waals surface area contributed by atoms with Crippen molar-refractivity contribution in [3.05, 3.63) is 42.2 Å². The van der Waals surface area contributed by atoms with Crippen LogP contribution in [-0.4, -0.2) is 34.5 Å². The molecule has 0 saturated carbocycles. The number of halogens is 3. The maximum atomic E-state index is 12.7. The first-order chi connectivity index (χ1) is 11.5. The lowest BCUT2D eigenvalue weighted by Crippen LogP contribution is -2.28. The summed E-state index contributed by atoms with van der Waals surface area (Å²) in [4.78, 5) is 13.0. The van der Waals surface area contributed by atoms with Crippen molar-refractivity contribution in [1.82, 2.24) is 15.1 Å². The second-order valence-electron chi connectivity index (χ2n) is 5.68. The van der Waals surface area contributed by atoms with E-state index in [-0.39, 0.29) is 30.2 Å². The van der Waals surface area contributed by atoms with E-state index < -0.39 is 5.76 Å². The van der Waals surface area contributed by atoms with Gasteiger partial charge in [0.1, 0.15) is 0 Å². The molecule has 1 fully saturated rings. The molecule has 25 heavy (non-hydrogen) atoms. The van der Waals surface area contributed by atoms with Crippen LogP contribution < -0.4 is 10.6 Å². The zero-order chi connectivity index (χ0) is 17.1. The lowest BCUT2D eigenvalue weighted by Gasteiger charge is -2.18. The molecule has 0 spiro atoms. The molecule has 136 valence electrons. The molecule has 1 saturated heterocycles. The third kappa shape index (κ3) is 4.71. The Morgan fingerprint density at radius 2 is 2.16 bits per heavy atom. The Kier molecular flexibility index (Phi) is 6.80. The van der Waals surface area contributed by atoms with Crippen LogP contribution in [0.25, 0.3) is 0 Å². The Morgan fingerprint density at radius 3 is 2.84 bits per heavy atom. The minimum atomic E-state index is -2.53. The summed E-state index contributed by atoms with van der Waals surface area (Å²) in [7, 11) is 1.83. The molecule has 5 nitrogen and oxygen atoms in total. The van der Waals surface area contributed by atoms with Gasteiger partial charge >= 0.3 is 0 Å². The van der Waals surface area contributed by atoms with Gasteiger partial charge in [-0.15, -0.1) is 12.4 Å². The summed E-state index contributed by atoms with van der Waals surface area (Å²) >= 11 is 0.433. The molecule has 2 N–H and O–H groups in total. The number of anilines is 1. The first-order valence-electron chi connectivity index (χ1n) is 7.58. The molecule has 1 aromatic carbocycles. The molecule has 0 bridgehead atoms. The highest BCUT2D eigenvalue weighted by molar-refractivity contribution is 7.99. The number of amides is 1. The van der Waals surface area contributed by atoms with Crippen LogP contribution in [0.15, 0.2) is 41.6 Å². The number of benzene rings is 1. The predicted molar refractivity (Wildman–Crippen MR) is 96.5 cm³/mol. The van der Waals surface area contributed by atoms with Gasteiger partial charge in [-0.2, -0.15) is 13.9 Å². The van der Waals surface area contributed by atoms with Crippen molar-refractivity contribution in [2.45, 2.75) is 16.6 Å². The Bertz CT molecular complexity index is 728. The highest BCUT2D eigenvalue weighted by Gasteiger charge is 2.35. The summed E-state index contributed by atoms with van der Waals surface area (Å²) in [5.74, 6) is -2.94. The monoisotopic (exact) mass is 388 g/mol. The van der Waals surface area contributed by atoms with Gasteiger partial charge in [0, 0.05) is 37.1 Å². The van der Waals surface area contributed by atoms with Crippen molar-refractivity contribution >= 4 is 35.8 Å². The van der Waals surface area contributed by atoms with Crippen molar-refractivity contribution in [2.75, 3.05) is 18.4 Å². The number of hydrogen-bond acceptors (Lipinski definition) is 4. The fourth-order valence-electron chi connectivity index (χ4n) is 2.93. The van der Waals surface area contributed by atoms with Crippen LogP contribution in [0.1, 0.15) is 11.5 Å². The van der Waals surface area contributed by atoms with Gasteiger partial charge in [-0.1, -0.05) is 23.9 Å². The third-order valence-corrected chi connectivity index (χ3v) is 4.85. The number of hydrogen-bond donors (Lipinski definition) is 2. The Hall–Kier alpha value is -1.64. The number of carbonyl (C=O) groups excluding carboxylic acids is 1. The van der Waals surface area contributed by atoms with Crippen molar-refractivity contribution in [1.29, 1.82) is 0 Å². The number of carbonyl (C=O) groups is 1. The number of aromatic nitrogens is 2. The molecule has 1 aromatic heterocycles. The fraction of sp³-hybridized carbons (Fsp3) is 0.375. The van der Waals surface area contributed by atoms with Crippen molar-refractivity contribution < 1.29 is 13.6 Å². The molecule has 0 aliphatic carbocycles. The van der Waals surface area contributed by atoms with Crippen LogP contribution in [0, 0.1) is 5.92 Å². The molecule has 1 aliphatic rings. The molecular formula is C16H19ClF2N4OS. The second-order valence-corrected chi connectivity index (χ2v) is 6.71. The quantitative estimate of drug-likeness (QED) is 0.773. The van der Waals surface area contributed by atoms with Gasteiger partial charge in [-0.05, 0) is 17.7 Å². The summed E-state index contributed by atoms with van der Waals surface area (Å²) in [6.07, 6.45) is 3.66. The van der Waals surface area contributed by atoms with Crippen LogP contribution in [0.3, 0.4) is 0 Å². The molecular weight excluding hydrogens is 370 g/mol. The van der Waals surface area contributed by atoms with E-state index in [4.69, 9.17) is 0 Å². The number of alkyl halides is 2.